The Labute approximate surface area is 103 Å². The van der Waals surface area contributed by atoms with Gasteiger partial charge in [0, 0.05) is 0 Å². The molecule has 1 aromatic carbocycles. The summed E-state index contributed by atoms with van der Waals surface area (Å²) < 4.78 is 6.28. The minimum absolute atomic E-state index is 0.00516. The third kappa shape index (κ3) is 2.27. The summed E-state index contributed by atoms with van der Waals surface area (Å²) >= 11 is 0. The molecule has 0 aliphatic carbocycles. The number of hydrogen-bond acceptors (Lipinski definition) is 4. The lowest BCUT2D eigenvalue weighted by Crippen LogP contribution is -2.11. The Morgan fingerprint density at radius 2 is 2.06 bits per heavy atom. The number of aromatic carboxylic acids is 1. The molecule has 94 valence electrons. The molecule has 0 radical (unpaired) electrons. The summed E-state index contributed by atoms with van der Waals surface area (Å²) in [4.78, 5) is 11.1. The molecule has 1 aromatic heterocycles. The predicted octanol–water partition coefficient (Wildman–Crippen LogP) is 1.34. The number of carboxylic acids is 1. The van der Waals surface area contributed by atoms with Crippen molar-refractivity contribution in [2.45, 2.75) is 6.54 Å². The summed E-state index contributed by atoms with van der Waals surface area (Å²) in [6.45, 7) is 0.297. The van der Waals surface area contributed by atoms with Crippen LogP contribution in [0.5, 0.6) is 11.5 Å². The van der Waals surface area contributed by atoms with Crippen LogP contribution in [0.3, 0.4) is 0 Å². The van der Waals surface area contributed by atoms with Crippen molar-refractivity contribution in [1.29, 1.82) is 0 Å². The molecule has 2 rings (SSSR count). The number of methoxy groups -OCH3 is 1. The van der Waals surface area contributed by atoms with Crippen molar-refractivity contribution in [1.82, 2.24) is 9.78 Å². The third-order valence-corrected chi connectivity index (χ3v) is 2.50. The zero-order valence-electron chi connectivity index (χ0n) is 9.70. The van der Waals surface area contributed by atoms with Crippen molar-refractivity contribution in [3.8, 4) is 11.5 Å². The van der Waals surface area contributed by atoms with Crippen LogP contribution in [0.4, 0.5) is 0 Å². The van der Waals surface area contributed by atoms with Crippen LogP contribution in [0, 0.1) is 0 Å². The van der Waals surface area contributed by atoms with E-state index in [0.717, 1.165) is 5.56 Å². The normalized spacial score (nSPS) is 10.3. The van der Waals surface area contributed by atoms with Gasteiger partial charge >= 0.3 is 5.97 Å². The fraction of sp³-hybridized carbons (Fsp3) is 0.167. The highest BCUT2D eigenvalue weighted by molar-refractivity contribution is 5.88. The first-order chi connectivity index (χ1) is 8.61. The first-order valence-corrected chi connectivity index (χ1v) is 5.23. The number of carbonyl (C=O) groups is 1. The smallest absolute Gasteiger partial charge is 0.358 e. The monoisotopic (exact) mass is 248 g/mol. The number of phenolic OH excluding ortho intramolecular Hbond substituents is 1. The number of aromatic nitrogens is 2. The van der Waals surface area contributed by atoms with Gasteiger partial charge in [-0.15, -0.1) is 0 Å². The van der Waals surface area contributed by atoms with Gasteiger partial charge in [0.05, 0.1) is 19.9 Å². The molecule has 0 unspecified atom stereocenters. The Balaban J connectivity index is 2.31. The zero-order chi connectivity index (χ0) is 13.1. The molecule has 6 heteroatoms. The zero-order valence-corrected chi connectivity index (χ0v) is 9.70. The minimum Gasteiger partial charge on any atom is -0.508 e. The lowest BCUT2D eigenvalue weighted by Gasteiger charge is -2.05. The summed E-state index contributed by atoms with van der Waals surface area (Å²) in [5, 5.41) is 22.3. The summed E-state index contributed by atoms with van der Waals surface area (Å²) in [6.07, 6.45) is 1.36. The van der Waals surface area contributed by atoms with Gasteiger partial charge in [-0.25, -0.2) is 4.79 Å². The number of hydrogen-bond donors (Lipinski definition) is 2. The van der Waals surface area contributed by atoms with E-state index in [1.165, 1.54) is 30.1 Å². The van der Waals surface area contributed by atoms with Crippen molar-refractivity contribution in [2.24, 2.45) is 0 Å². The average Bonchev–Trinajstić information content (AvgIpc) is 2.75. The number of ether oxygens (including phenoxy) is 1. The largest absolute Gasteiger partial charge is 0.508 e. The molecular weight excluding hydrogens is 236 g/mol. The number of rotatable bonds is 4. The van der Waals surface area contributed by atoms with E-state index < -0.39 is 5.97 Å². The van der Waals surface area contributed by atoms with Gasteiger partial charge in [-0.3, -0.25) is 4.68 Å². The highest BCUT2D eigenvalue weighted by Crippen LogP contribution is 2.19. The molecule has 18 heavy (non-hydrogen) atoms. The first kappa shape index (κ1) is 12.0. The van der Waals surface area contributed by atoms with E-state index in [9.17, 15) is 9.90 Å². The van der Waals surface area contributed by atoms with Crippen molar-refractivity contribution >= 4 is 5.97 Å². The highest BCUT2D eigenvalue weighted by Gasteiger charge is 2.18. The van der Waals surface area contributed by atoms with E-state index in [1.54, 1.807) is 12.1 Å². The topological polar surface area (TPSA) is 84.6 Å². The number of phenols is 1. The van der Waals surface area contributed by atoms with Crippen LogP contribution in [0.2, 0.25) is 0 Å². The molecule has 6 nitrogen and oxygen atoms in total. The number of aromatic hydroxyl groups is 1. The predicted molar refractivity (Wildman–Crippen MR) is 62.9 cm³/mol. The van der Waals surface area contributed by atoms with E-state index in [-0.39, 0.29) is 17.2 Å². The molecule has 2 N–H and O–H groups in total. The van der Waals surface area contributed by atoms with Gasteiger partial charge < -0.3 is 14.9 Å². The Morgan fingerprint density at radius 1 is 1.39 bits per heavy atom. The van der Waals surface area contributed by atoms with Crippen LogP contribution < -0.4 is 4.74 Å². The Hall–Kier alpha value is -2.50. The summed E-state index contributed by atoms with van der Waals surface area (Å²) in [5.74, 6) is -0.709. The maximum atomic E-state index is 11.1. The molecule has 0 aliphatic heterocycles. The van der Waals surface area contributed by atoms with Crippen LogP contribution in [0.15, 0.2) is 30.5 Å². The van der Waals surface area contributed by atoms with Gasteiger partial charge in [-0.2, -0.15) is 5.10 Å². The molecule has 2 aromatic rings. The van der Waals surface area contributed by atoms with Crippen LogP contribution in [-0.4, -0.2) is 33.1 Å². The van der Waals surface area contributed by atoms with Crippen molar-refractivity contribution in [3.05, 3.63) is 41.7 Å². The standard InChI is InChI=1S/C12H12N2O4/c1-18-10-6-13-14(11(10)12(16)17)7-8-2-4-9(15)5-3-8/h2-6,15H,7H2,1H3,(H,16,17). The minimum atomic E-state index is -1.09. The second kappa shape index (κ2) is 4.79. The Bertz CT molecular complexity index is 560. The third-order valence-electron chi connectivity index (χ3n) is 2.50. The SMILES string of the molecule is COc1cnn(Cc2ccc(O)cc2)c1C(=O)O. The van der Waals surface area contributed by atoms with Crippen molar-refractivity contribution in [2.75, 3.05) is 7.11 Å². The van der Waals surface area contributed by atoms with E-state index >= 15 is 0 Å². The number of carboxylic acid groups (broad SMARTS) is 1. The van der Waals surface area contributed by atoms with Crippen LogP contribution in [0.1, 0.15) is 16.1 Å². The van der Waals surface area contributed by atoms with Gasteiger partial charge in [0.25, 0.3) is 0 Å². The molecule has 0 saturated carbocycles. The first-order valence-electron chi connectivity index (χ1n) is 5.23. The van der Waals surface area contributed by atoms with Crippen molar-refractivity contribution < 1.29 is 19.7 Å². The Morgan fingerprint density at radius 3 is 2.61 bits per heavy atom. The van der Waals surface area contributed by atoms with Gasteiger partial charge in [0.15, 0.2) is 11.4 Å². The van der Waals surface area contributed by atoms with Gasteiger partial charge in [0.1, 0.15) is 5.75 Å². The van der Waals surface area contributed by atoms with E-state index in [0.29, 0.717) is 6.54 Å². The van der Waals surface area contributed by atoms with E-state index in [1.807, 2.05) is 0 Å². The summed E-state index contributed by atoms with van der Waals surface area (Å²) in [7, 11) is 1.40. The fourth-order valence-electron chi connectivity index (χ4n) is 1.63. The maximum Gasteiger partial charge on any atom is 0.358 e. The molecule has 0 fully saturated rings. The molecule has 0 amide bonds. The summed E-state index contributed by atoms with van der Waals surface area (Å²) in [5.41, 5.74) is 0.839. The Kier molecular flexibility index (Phi) is 3.18. The molecule has 0 aliphatic rings. The fourth-order valence-corrected chi connectivity index (χ4v) is 1.63. The second-order valence-corrected chi connectivity index (χ2v) is 3.69. The van der Waals surface area contributed by atoms with Gasteiger partial charge in [-0.05, 0) is 17.7 Å². The maximum absolute atomic E-state index is 11.1. The molecule has 0 saturated heterocycles. The van der Waals surface area contributed by atoms with Crippen LogP contribution in [0.25, 0.3) is 0 Å². The van der Waals surface area contributed by atoms with E-state index in [2.05, 4.69) is 5.10 Å². The lowest BCUT2D eigenvalue weighted by molar-refractivity contribution is 0.0680. The average molecular weight is 248 g/mol. The second-order valence-electron chi connectivity index (χ2n) is 3.69. The molecular formula is C12H12N2O4. The molecule has 0 bridgehead atoms. The molecule has 0 spiro atoms. The van der Waals surface area contributed by atoms with Crippen LogP contribution >= 0.6 is 0 Å². The van der Waals surface area contributed by atoms with Crippen molar-refractivity contribution in [3.63, 3.8) is 0 Å². The summed E-state index contributed by atoms with van der Waals surface area (Å²) in [6, 6.07) is 6.48. The highest BCUT2D eigenvalue weighted by atomic mass is 16.5. The number of benzene rings is 1. The molecule has 0 atom stereocenters. The quantitative estimate of drug-likeness (QED) is 0.853. The van der Waals surface area contributed by atoms with Gasteiger partial charge in [-0.1, -0.05) is 12.1 Å². The lowest BCUT2D eigenvalue weighted by atomic mass is 10.2. The number of nitrogens with zero attached hydrogens (tertiary/aromatic N) is 2. The van der Waals surface area contributed by atoms with E-state index in [4.69, 9.17) is 9.84 Å². The van der Waals surface area contributed by atoms with Gasteiger partial charge in [0.2, 0.25) is 0 Å². The van der Waals surface area contributed by atoms with Crippen LogP contribution in [-0.2, 0) is 6.54 Å². The molecule has 1 heterocycles.